The van der Waals surface area contributed by atoms with Crippen LogP contribution in [0.1, 0.15) is 124 Å². The van der Waals surface area contributed by atoms with Crippen LogP contribution < -0.4 is 21.5 Å². The molecule has 83 heavy (non-hydrogen) atoms. The van der Waals surface area contributed by atoms with Crippen LogP contribution in [0.2, 0.25) is 0 Å². The van der Waals surface area contributed by atoms with Gasteiger partial charge in [-0.3, -0.25) is 69.2 Å². The number of likely N-dealkylation sites (N-methyl/N-ethyl adjacent to an activating group) is 2. The van der Waals surface area contributed by atoms with Crippen LogP contribution in [0.15, 0.2) is 72.9 Å². The summed E-state index contributed by atoms with van der Waals surface area (Å²) in [4.78, 5) is 130. The van der Waals surface area contributed by atoms with Crippen molar-refractivity contribution in [2.75, 3.05) is 47.9 Å². The number of amides is 8. The number of nitrogens with zero attached hydrogens (tertiary/aromatic N) is 4. The molecule has 0 unspecified atom stereocenters. The van der Waals surface area contributed by atoms with Crippen LogP contribution in [0, 0.1) is 23.7 Å². The van der Waals surface area contributed by atoms with Gasteiger partial charge in [0.2, 0.25) is 35.4 Å². The maximum Gasteiger partial charge on any atom is 0.329 e. The fourth-order valence-electron chi connectivity index (χ4n) is 11.7. The fourth-order valence-corrected chi connectivity index (χ4v) is 11.7. The van der Waals surface area contributed by atoms with E-state index in [1.807, 2.05) is 114 Å². The molecule has 5 N–H and O–H groups in total. The summed E-state index contributed by atoms with van der Waals surface area (Å²) in [5.41, 5.74) is 7.40. The van der Waals surface area contributed by atoms with E-state index in [4.69, 9.17) is 14.2 Å². The minimum absolute atomic E-state index is 0.0345. The van der Waals surface area contributed by atoms with E-state index >= 15 is 0 Å². The number of likely N-dealkylation sites (tertiary alicyclic amines) is 1. The Morgan fingerprint density at radius 2 is 1.39 bits per heavy atom. The standard InChI is InChI=1S/C62H91N9O12/c1-12-41(6)57(69(9)56(40(4)5)61(79)65-60(78)55(39(2)3)68(8)32-22-29-51(73)67-66-50(72)28-17-14-20-33-71-52(74)30-31-53(71)75)49(81-10)36-54(76)70-34-21-27-48(70)58(82-11)42(7)59(77)64-47(62(80)83-38-43-23-15-13-16-24-43)35-44-37-63-46-26-19-18-25-45(44)46/h13,15-16,18-19,23-26,30-31,37,39-42,47-49,55-58,63H,12,14,17,20-22,27-29,32-36,38H2,1-11H3,(H,64,77)(H,66,72)(H,67,73)(H,65,78,79)/t41-,42+,47-,48-,49+,55-,56-,57-,58+/m0/s1. The second-order valence-corrected chi connectivity index (χ2v) is 22.9. The molecular weight excluding hydrogens is 1060 g/mol. The van der Waals surface area contributed by atoms with Crippen molar-refractivity contribution in [1.29, 1.82) is 0 Å². The Kier molecular flexibility index (Phi) is 26.5. The number of H-pyrrole nitrogens is 1. The molecule has 0 bridgehead atoms. The number of carbonyl (C=O) groups excluding carboxylic acids is 9. The first-order valence-electron chi connectivity index (χ1n) is 29.4. The number of hydrazine groups is 1. The van der Waals surface area contributed by atoms with Gasteiger partial charge in [-0.25, -0.2) is 4.79 Å². The number of imide groups is 2. The van der Waals surface area contributed by atoms with Gasteiger partial charge >= 0.3 is 5.97 Å². The fraction of sp³-hybridized carbons (Fsp3) is 0.597. The Morgan fingerprint density at radius 3 is 2.01 bits per heavy atom. The average Bonchev–Trinajstić information content (AvgIpc) is 4.33. The van der Waals surface area contributed by atoms with Crippen molar-refractivity contribution in [1.82, 2.24) is 46.1 Å². The van der Waals surface area contributed by atoms with Crippen molar-refractivity contribution in [3.63, 3.8) is 0 Å². The van der Waals surface area contributed by atoms with Crippen LogP contribution in [0.3, 0.4) is 0 Å². The maximum absolute atomic E-state index is 14.7. The van der Waals surface area contributed by atoms with Crippen molar-refractivity contribution >= 4 is 64.1 Å². The number of esters is 1. The summed E-state index contributed by atoms with van der Waals surface area (Å²) in [6.07, 6.45) is 7.23. The maximum atomic E-state index is 14.7. The quantitative estimate of drug-likeness (QED) is 0.0223. The van der Waals surface area contributed by atoms with Gasteiger partial charge in [0.15, 0.2) is 0 Å². The van der Waals surface area contributed by atoms with Crippen molar-refractivity contribution in [3.05, 3.63) is 84.1 Å². The number of aromatic nitrogens is 1. The van der Waals surface area contributed by atoms with E-state index in [-0.39, 0.29) is 80.2 Å². The second kappa shape index (κ2) is 32.9. The summed E-state index contributed by atoms with van der Waals surface area (Å²) >= 11 is 0. The van der Waals surface area contributed by atoms with E-state index in [0.29, 0.717) is 58.0 Å². The number of ether oxygens (including phenoxy) is 3. The van der Waals surface area contributed by atoms with E-state index in [1.165, 1.54) is 19.3 Å². The van der Waals surface area contributed by atoms with Gasteiger partial charge in [-0.2, -0.15) is 0 Å². The van der Waals surface area contributed by atoms with Gasteiger partial charge in [-0.1, -0.05) is 110 Å². The molecule has 8 amide bonds. The molecule has 1 aromatic heterocycles. The second-order valence-electron chi connectivity index (χ2n) is 22.9. The molecule has 0 spiro atoms. The predicted octanol–water partition coefficient (Wildman–Crippen LogP) is 5.37. The number of unbranched alkanes of at least 4 members (excludes halogenated alkanes) is 2. The van der Waals surface area contributed by atoms with Crippen LogP contribution in [0.5, 0.6) is 0 Å². The molecule has 1 fully saturated rings. The van der Waals surface area contributed by atoms with Gasteiger partial charge < -0.3 is 29.4 Å². The number of aromatic amines is 1. The van der Waals surface area contributed by atoms with Crippen molar-refractivity contribution in [2.45, 2.75) is 168 Å². The molecule has 0 aliphatic carbocycles. The average molecular weight is 1150 g/mol. The summed E-state index contributed by atoms with van der Waals surface area (Å²) in [5.74, 6) is -4.99. The van der Waals surface area contributed by atoms with Gasteiger partial charge in [-0.15, -0.1) is 0 Å². The highest BCUT2D eigenvalue weighted by molar-refractivity contribution is 6.12. The highest BCUT2D eigenvalue weighted by atomic mass is 16.5. The molecule has 0 radical (unpaired) electrons. The summed E-state index contributed by atoms with van der Waals surface area (Å²) < 4.78 is 18.1. The topological polar surface area (TPSA) is 258 Å². The molecule has 456 valence electrons. The molecule has 21 nitrogen and oxygen atoms in total. The minimum Gasteiger partial charge on any atom is -0.459 e. The molecule has 2 aliphatic rings. The lowest BCUT2D eigenvalue weighted by molar-refractivity contribution is -0.150. The molecule has 0 saturated carbocycles. The monoisotopic (exact) mass is 1150 g/mol. The summed E-state index contributed by atoms with van der Waals surface area (Å²) in [7, 11) is 6.66. The lowest BCUT2D eigenvalue weighted by Crippen LogP contribution is -2.60. The van der Waals surface area contributed by atoms with E-state index in [0.717, 1.165) is 26.9 Å². The van der Waals surface area contributed by atoms with Crippen LogP contribution in [-0.2, 0) is 70.4 Å². The number of nitrogens with one attached hydrogen (secondary N) is 5. The first-order chi connectivity index (χ1) is 39.6. The van der Waals surface area contributed by atoms with Crippen LogP contribution in [0.4, 0.5) is 0 Å². The number of hydrogen-bond donors (Lipinski definition) is 5. The van der Waals surface area contributed by atoms with Crippen LogP contribution >= 0.6 is 0 Å². The summed E-state index contributed by atoms with van der Waals surface area (Å²) in [5, 5.41) is 6.62. The summed E-state index contributed by atoms with van der Waals surface area (Å²) in [6, 6.07) is 13.6. The Morgan fingerprint density at radius 1 is 0.759 bits per heavy atom. The zero-order chi connectivity index (χ0) is 60.9. The molecule has 9 atom stereocenters. The zero-order valence-corrected chi connectivity index (χ0v) is 50.6. The Bertz CT molecular complexity index is 2680. The van der Waals surface area contributed by atoms with E-state index in [1.54, 1.807) is 30.9 Å². The Balaban J connectivity index is 1.17. The van der Waals surface area contributed by atoms with Crippen molar-refractivity contribution in [3.8, 4) is 0 Å². The molecular formula is C62H91N9O12. The molecule has 2 aromatic carbocycles. The first kappa shape index (κ1) is 67.0. The third-order valence-corrected chi connectivity index (χ3v) is 16.3. The number of hydrogen-bond acceptors (Lipinski definition) is 14. The van der Waals surface area contributed by atoms with Crippen LogP contribution in [0.25, 0.3) is 10.9 Å². The van der Waals surface area contributed by atoms with Gasteiger partial charge in [0, 0.05) is 81.9 Å². The first-order valence-corrected chi connectivity index (χ1v) is 29.4. The molecule has 2 aliphatic heterocycles. The molecule has 1 saturated heterocycles. The molecule has 3 heterocycles. The van der Waals surface area contributed by atoms with Gasteiger partial charge in [0.05, 0.1) is 42.7 Å². The lowest BCUT2D eigenvalue weighted by Gasteiger charge is -2.43. The third-order valence-electron chi connectivity index (χ3n) is 16.3. The minimum atomic E-state index is -1.03. The van der Waals surface area contributed by atoms with E-state index in [2.05, 4.69) is 26.5 Å². The number of methoxy groups -OCH3 is 2. The lowest BCUT2D eigenvalue weighted by atomic mass is 9.87. The van der Waals surface area contributed by atoms with Crippen molar-refractivity contribution in [2.24, 2.45) is 23.7 Å². The number of fused-ring (bicyclic) bond motifs is 1. The SMILES string of the molecule is CC[C@H](C)[C@@H]([C@@H](CC(=O)N1CCC[C@H]1[C@H](OC)[C@@H](C)C(=O)N[C@@H](Cc1c[nH]c2ccccc12)C(=O)OCc1ccccc1)OC)N(C)[C@H](C(=O)NC(=O)[C@H](C(C)C)N(C)CCCC(=O)NNC(=O)CCCCCN1C(=O)C=CC1=O)C(C)C. The molecule has 21 heteroatoms. The highest BCUT2D eigenvalue weighted by Crippen LogP contribution is 2.31. The number of para-hydroxylation sites is 1. The molecule has 5 rings (SSSR count). The Labute approximate surface area is 489 Å². The molecule has 3 aromatic rings. The Hall–Kier alpha value is -6.81. The normalized spacial score (nSPS) is 17.4. The van der Waals surface area contributed by atoms with E-state index < -0.39 is 77.9 Å². The van der Waals surface area contributed by atoms with Crippen LogP contribution in [-0.4, -0.2) is 168 Å². The zero-order valence-electron chi connectivity index (χ0n) is 50.6. The van der Waals surface area contributed by atoms with E-state index in [9.17, 15) is 43.2 Å². The predicted molar refractivity (Wildman–Crippen MR) is 314 cm³/mol. The van der Waals surface area contributed by atoms with Gasteiger partial charge in [0.25, 0.3) is 11.8 Å². The largest absolute Gasteiger partial charge is 0.459 e. The van der Waals surface area contributed by atoms with Gasteiger partial charge in [0.1, 0.15) is 12.6 Å². The smallest absolute Gasteiger partial charge is 0.329 e. The highest BCUT2D eigenvalue weighted by Gasteiger charge is 2.44. The third kappa shape index (κ3) is 18.8. The number of benzene rings is 2. The number of carbonyl (C=O) groups is 9. The van der Waals surface area contributed by atoms with Gasteiger partial charge in [-0.05, 0) is 87.7 Å². The summed E-state index contributed by atoms with van der Waals surface area (Å²) in [6.45, 7) is 14.5. The van der Waals surface area contributed by atoms with Crippen molar-refractivity contribution < 1.29 is 57.4 Å². The number of rotatable bonds is 33.